The maximum atomic E-state index is 13.5. The summed E-state index contributed by atoms with van der Waals surface area (Å²) in [6.07, 6.45) is 3.81. The van der Waals surface area contributed by atoms with Crippen LogP contribution in [0.4, 0.5) is 8.78 Å². The SMILES string of the molecule is C=C(NCc1cc(F)cc(F)c1)c1cccc(Oc2ccnc(C3=CN(C(C)C)NC3)c2)c1C. The summed E-state index contributed by atoms with van der Waals surface area (Å²) in [7, 11) is 0. The average Bonchev–Trinajstić information content (AvgIpc) is 3.29. The van der Waals surface area contributed by atoms with Crippen LogP contribution in [0.25, 0.3) is 11.3 Å². The number of rotatable bonds is 8. The van der Waals surface area contributed by atoms with E-state index in [4.69, 9.17) is 4.74 Å². The molecule has 1 aliphatic heterocycles. The monoisotopic (exact) mass is 462 g/mol. The van der Waals surface area contributed by atoms with E-state index in [1.807, 2.05) is 37.3 Å². The predicted octanol–water partition coefficient (Wildman–Crippen LogP) is 5.79. The van der Waals surface area contributed by atoms with Crippen molar-refractivity contribution in [2.45, 2.75) is 33.4 Å². The highest BCUT2D eigenvalue weighted by Gasteiger charge is 2.17. The molecule has 0 spiro atoms. The zero-order valence-electron chi connectivity index (χ0n) is 19.5. The number of pyridine rings is 1. The molecule has 176 valence electrons. The van der Waals surface area contributed by atoms with E-state index in [1.165, 1.54) is 12.1 Å². The van der Waals surface area contributed by atoms with Crippen LogP contribution in [0.2, 0.25) is 0 Å². The smallest absolute Gasteiger partial charge is 0.131 e. The van der Waals surface area contributed by atoms with E-state index in [2.05, 4.69) is 47.4 Å². The third kappa shape index (κ3) is 5.43. The van der Waals surface area contributed by atoms with E-state index in [9.17, 15) is 8.78 Å². The third-order valence-corrected chi connectivity index (χ3v) is 5.63. The molecule has 2 N–H and O–H groups in total. The normalized spacial score (nSPS) is 13.2. The number of hydrazine groups is 1. The first-order valence-corrected chi connectivity index (χ1v) is 11.1. The first-order valence-electron chi connectivity index (χ1n) is 11.1. The van der Waals surface area contributed by atoms with Gasteiger partial charge in [0.2, 0.25) is 0 Å². The maximum absolute atomic E-state index is 13.5. The molecule has 0 fully saturated rings. The molecule has 2 aromatic carbocycles. The molecule has 7 heteroatoms. The zero-order chi connectivity index (χ0) is 24.2. The highest BCUT2D eigenvalue weighted by Crippen LogP contribution is 2.31. The van der Waals surface area contributed by atoms with Crippen LogP contribution in [0.3, 0.4) is 0 Å². The number of benzene rings is 2. The molecular weight excluding hydrogens is 434 g/mol. The quantitative estimate of drug-likeness (QED) is 0.444. The molecule has 0 saturated carbocycles. The van der Waals surface area contributed by atoms with E-state index < -0.39 is 11.6 Å². The van der Waals surface area contributed by atoms with Crippen molar-refractivity contribution < 1.29 is 13.5 Å². The highest BCUT2D eigenvalue weighted by molar-refractivity contribution is 5.68. The van der Waals surface area contributed by atoms with Crippen LogP contribution in [-0.2, 0) is 6.54 Å². The Labute approximate surface area is 198 Å². The second-order valence-electron chi connectivity index (χ2n) is 8.51. The van der Waals surface area contributed by atoms with Gasteiger partial charge in [-0.3, -0.25) is 4.98 Å². The number of hydrogen-bond donors (Lipinski definition) is 2. The van der Waals surface area contributed by atoms with Gasteiger partial charge >= 0.3 is 0 Å². The van der Waals surface area contributed by atoms with Gasteiger partial charge in [0.25, 0.3) is 0 Å². The summed E-state index contributed by atoms with van der Waals surface area (Å²) < 4.78 is 33.1. The van der Waals surface area contributed by atoms with Gasteiger partial charge in [0.15, 0.2) is 0 Å². The van der Waals surface area contributed by atoms with Gasteiger partial charge in [-0.2, -0.15) is 0 Å². The molecule has 34 heavy (non-hydrogen) atoms. The number of nitrogens with zero attached hydrogens (tertiary/aromatic N) is 2. The van der Waals surface area contributed by atoms with Crippen molar-refractivity contribution in [3.63, 3.8) is 0 Å². The summed E-state index contributed by atoms with van der Waals surface area (Å²) in [5.41, 5.74) is 8.18. The second-order valence-corrected chi connectivity index (χ2v) is 8.51. The van der Waals surface area contributed by atoms with Crippen LogP contribution in [0.15, 0.2) is 67.5 Å². The third-order valence-electron chi connectivity index (χ3n) is 5.63. The molecule has 3 aromatic rings. The highest BCUT2D eigenvalue weighted by atomic mass is 19.1. The van der Waals surface area contributed by atoms with Crippen molar-refractivity contribution in [1.82, 2.24) is 20.7 Å². The lowest BCUT2D eigenvalue weighted by molar-refractivity contribution is 0.250. The van der Waals surface area contributed by atoms with E-state index in [0.717, 1.165) is 28.5 Å². The number of halogens is 2. The minimum atomic E-state index is -0.605. The second kappa shape index (κ2) is 10.1. The van der Waals surface area contributed by atoms with Gasteiger partial charge in [0.05, 0.1) is 5.69 Å². The summed E-state index contributed by atoms with van der Waals surface area (Å²) in [5.74, 6) is 0.165. The Balaban J connectivity index is 1.48. The molecule has 0 amide bonds. The summed E-state index contributed by atoms with van der Waals surface area (Å²) in [6, 6.07) is 13.3. The topological polar surface area (TPSA) is 49.4 Å². The van der Waals surface area contributed by atoms with E-state index in [0.29, 0.717) is 35.3 Å². The van der Waals surface area contributed by atoms with Crippen molar-refractivity contribution in [2.24, 2.45) is 0 Å². The summed E-state index contributed by atoms with van der Waals surface area (Å²) in [5, 5.41) is 5.21. The van der Waals surface area contributed by atoms with Gasteiger partial charge in [0, 0.05) is 66.1 Å². The largest absolute Gasteiger partial charge is 0.457 e. The summed E-state index contributed by atoms with van der Waals surface area (Å²) in [4.78, 5) is 4.50. The molecule has 0 bridgehead atoms. The summed E-state index contributed by atoms with van der Waals surface area (Å²) >= 11 is 0. The Morgan fingerprint density at radius 1 is 1.18 bits per heavy atom. The molecule has 1 aromatic heterocycles. The van der Waals surface area contributed by atoms with Gasteiger partial charge in [-0.25, -0.2) is 14.2 Å². The number of hydrogen-bond acceptors (Lipinski definition) is 5. The maximum Gasteiger partial charge on any atom is 0.131 e. The lowest BCUT2D eigenvalue weighted by Gasteiger charge is -2.19. The Kier molecular flexibility index (Phi) is 6.93. The zero-order valence-corrected chi connectivity index (χ0v) is 19.5. The first kappa shape index (κ1) is 23.4. The molecule has 0 saturated heterocycles. The minimum Gasteiger partial charge on any atom is -0.457 e. The summed E-state index contributed by atoms with van der Waals surface area (Å²) in [6.45, 7) is 11.3. The fraction of sp³-hybridized carbons (Fsp3) is 0.222. The van der Waals surface area contributed by atoms with Crippen molar-refractivity contribution in [3.8, 4) is 11.5 Å². The van der Waals surface area contributed by atoms with Crippen molar-refractivity contribution in [3.05, 3.63) is 102 Å². The molecule has 0 radical (unpaired) electrons. The Hall–Kier alpha value is -3.71. The standard InChI is InChI=1S/C27H28F2N4O/c1-17(2)33-16-21(15-32-33)26-13-24(8-9-30-26)34-27-7-5-6-25(18(27)3)19(4)31-14-20-10-22(28)12-23(29)11-20/h5-13,16-17,31-32H,4,14-15H2,1-3H3. The van der Waals surface area contributed by atoms with E-state index in [1.54, 1.807) is 6.20 Å². The molecule has 0 atom stereocenters. The van der Waals surface area contributed by atoms with Crippen molar-refractivity contribution >= 4 is 11.3 Å². The van der Waals surface area contributed by atoms with Gasteiger partial charge < -0.3 is 15.1 Å². The van der Waals surface area contributed by atoms with Crippen LogP contribution >= 0.6 is 0 Å². The van der Waals surface area contributed by atoms with Crippen LogP contribution in [0, 0.1) is 18.6 Å². The van der Waals surface area contributed by atoms with E-state index in [-0.39, 0.29) is 6.54 Å². The number of aromatic nitrogens is 1. The number of ether oxygens (including phenoxy) is 1. The molecule has 4 rings (SSSR count). The van der Waals surface area contributed by atoms with Gasteiger partial charge in [0.1, 0.15) is 23.1 Å². The van der Waals surface area contributed by atoms with Gasteiger partial charge in [-0.1, -0.05) is 18.7 Å². The van der Waals surface area contributed by atoms with Gasteiger partial charge in [-0.15, -0.1) is 0 Å². The molecular formula is C27H28F2N4O. The Bertz CT molecular complexity index is 1220. The molecule has 1 aliphatic rings. The molecule has 2 heterocycles. The fourth-order valence-corrected chi connectivity index (χ4v) is 3.77. The van der Waals surface area contributed by atoms with Crippen LogP contribution in [0.5, 0.6) is 11.5 Å². The lowest BCUT2D eigenvalue weighted by Crippen LogP contribution is -2.34. The van der Waals surface area contributed by atoms with Crippen molar-refractivity contribution in [1.29, 1.82) is 0 Å². The minimum absolute atomic E-state index is 0.252. The average molecular weight is 463 g/mol. The fourth-order valence-electron chi connectivity index (χ4n) is 3.77. The first-order chi connectivity index (χ1) is 16.3. The number of nitrogens with one attached hydrogen (secondary N) is 2. The molecule has 5 nitrogen and oxygen atoms in total. The predicted molar refractivity (Wildman–Crippen MR) is 131 cm³/mol. The van der Waals surface area contributed by atoms with Gasteiger partial charge in [-0.05, 0) is 50.6 Å². The molecule has 0 unspecified atom stereocenters. The van der Waals surface area contributed by atoms with Crippen molar-refractivity contribution in [2.75, 3.05) is 6.54 Å². The lowest BCUT2D eigenvalue weighted by atomic mass is 10.0. The Morgan fingerprint density at radius 2 is 1.94 bits per heavy atom. The van der Waals surface area contributed by atoms with Crippen LogP contribution in [-0.4, -0.2) is 22.6 Å². The molecule has 0 aliphatic carbocycles. The van der Waals surface area contributed by atoms with Crippen LogP contribution in [0.1, 0.15) is 36.2 Å². The van der Waals surface area contributed by atoms with Crippen LogP contribution < -0.4 is 15.5 Å². The van der Waals surface area contributed by atoms with E-state index >= 15 is 0 Å². The Morgan fingerprint density at radius 3 is 2.65 bits per heavy atom.